The van der Waals surface area contributed by atoms with Gasteiger partial charge in [-0.05, 0) is 70.0 Å². The molecule has 2 aromatic rings. The number of benzene rings is 2. The van der Waals surface area contributed by atoms with Gasteiger partial charge < -0.3 is 9.47 Å². The minimum absolute atomic E-state index is 0.0448. The molecule has 0 saturated heterocycles. The monoisotopic (exact) mass is 479 g/mol. The van der Waals surface area contributed by atoms with Crippen LogP contribution < -0.4 is 25.6 Å². The Morgan fingerprint density at radius 1 is 1.10 bits per heavy atom. The highest BCUT2D eigenvalue weighted by molar-refractivity contribution is 9.10. The molecule has 0 heterocycles. The number of nitrogens with one attached hydrogen (secondary N) is 3. The topological polar surface area (TPSA) is 88.7 Å². The van der Waals surface area contributed by atoms with E-state index >= 15 is 0 Å². The fourth-order valence-electron chi connectivity index (χ4n) is 2.27. The van der Waals surface area contributed by atoms with Crippen molar-refractivity contribution >= 4 is 45.1 Å². The normalized spacial score (nSPS) is 10.2. The molecule has 0 aliphatic carbocycles. The van der Waals surface area contributed by atoms with E-state index in [1.54, 1.807) is 18.2 Å². The lowest BCUT2D eigenvalue weighted by atomic mass is 10.0. The summed E-state index contributed by atoms with van der Waals surface area (Å²) in [4.78, 5) is 24.1. The van der Waals surface area contributed by atoms with Crippen molar-refractivity contribution in [2.24, 2.45) is 0 Å². The first-order chi connectivity index (χ1) is 13.8. The van der Waals surface area contributed by atoms with Crippen LogP contribution in [0.2, 0.25) is 0 Å². The summed E-state index contributed by atoms with van der Waals surface area (Å²) in [6.45, 7) is 4.00. The molecule has 3 N–H and O–H groups in total. The summed E-state index contributed by atoms with van der Waals surface area (Å²) in [6.07, 6.45) is 0. The lowest BCUT2D eigenvalue weighted by Crippen LogP contribution is -2.49. The van der Waals surface area contributed by atoms with Crippen LogP contribution >= 0.6 is 28.1 Å². The zero-order valence-corrected chi connectivity index (χ0v) is 18.6. The molecule has 2 rings (SSSR count). The Kier molecular flexibility index (Phi) is 8.41. The van der Waals surface area contributed by atoms with Crippen molar-refractivity contribution in [3.05, 3.63) is 58.1 Å². The second-order valence-electron chi connectivity index (χ2n) is 6.32. The van der Waals surface area contributed by atoms with E-state index in [0.717, 1.165) is 0 Å². The van der Waals surface area contributed by atoms with Crippen LogP contribution in [0.3, 0.4) is 0 Å². The Labute approximate surface area is 183 Å². The van der Waals surface area contributed by atoms with Crippen LogP contribution in [0.4, 0.5) is 0 Å². The summed E-state index contributed by atoms with van der Waals surface area (Å²) in [6, 6.07) is 12.4. The van der Waals surface area contributed by atoms with Gasteiger partial charge in [-0.15, -0.1) is 0 Å². The molecule has 0 fully saturated rings. The number of hydrazine groups is 1. The minimum Gasteiger partial charge on any atom is -0.496 e. The number of carbonyl (C=O) groups excluding carboxylic acids is 2. The first kappa shape index (κ1) is 22.6. The molecule has 29 heavy (non-hydrogen) atoms. The number of methoxy groups -OCH3 is 1. The van der Waals surface area contributed by atoms with Gasteiger partial charge in [0.05, 0.1) is 11.6 Å². The van der Waals surface area contributed by atoms with Crippen molar-refractivity contribution < 1.29 is 19.1 Å². The van der Waals surface area contributed by atoms with Crippen LogP contribution in [0.1, 0.15) is 35.7 Å². The lowest BCUT2D eigenvalue weighted by Gasteiger charge is -2.12. The number of amides is 2. The maximum atomic E-state index is 12.2. The largest absolute Gasteiger partial charge is 0.496 e. The van der Waals surface area contributed by atoms with Gasteiger partial charge >= 0.3 is 0 Å². The Morgan fingerprint density at radius 3 is 2.38 bits per heavy atom. The third kappa shape index (κ3) is 7.03. The summed E-state index contributed by atoms with van der Waals surface area (Å²) >= 11 is 8.33. The van der Waals surface area contributed by atoms with E-state index in [2.05, 4.69) is 45.9 Å². The predicted octanol–water partition coefficient (Wildman–Crippen LogP) is 3.30. The smallest absolute Gasteiger partial charge is 0.276 e. The third-order valence-corrected chi connectivity index (χ3v) is 4.70. The van der Waals surface area contributed by atoms with Gasteiger partial charge in [0.15, 0.2) is 11.7 Å². The van der Waals surface area contributed by atoms with Crippen LogP contribution in [0.25, 0.3) is 0 Å². The van der Waals surface area contributed by atoms with Crippen LogP contribution in [-0.2, 0) is 4.79 Å². The standard InChI is InChI=1S/C20H22BrN3O4S/c1-12(2)13-4-7-15(8-5-13)28-11-18(25)23-24-20(29)22-19(26)14-6-9-17(27-3)16(21)10-14/h4-10,12H,11H2,1-3H3,(H,23,25)(H2,22,24,26,29). The van der Waals surface area contributed by atoms with Crippen molar-refractivity contribution in [1.29, 1.82) is 0 Å². The number of halogens is 1. The fourth-order valence-corrected chi connectivity index (χ4v) is 2.96. The number of carbonyl (C=O) groups is 2. The second-order valence-corrected chi connectivity index (χ2v) is 7.58. The molecule has 154 valence electrons. The van der Waals surface area contributed by atoms with Gasteiger partial charge in [0.2, 0.25) is 0 Å². The predicted molar refractivity (Wildman–Crippen MR) is 118 cm³/mol. The molecule has 0 bridgehead atoms. The summed E-state index contributed by atoms with van der Waals surface area (Å²) < 4.78 is 11.2. The van der Waals surface area contributed by atoms with Crippen LogP contribution in [0, 0.1) is 0 Å². The summed E-state index contributed by atoms with van der Waals surface area (Å²) in [5.74, 6) is 0.744. The van der Waals surface area contributed by atoms with E-state index in [-0.39, 0.29) is 11.7 Å². The Bertz CT molecular complexity index is 888. The molecule has 7 nitrogen and oxygen atoms in total. The molecule has 2 amide bonds. The van der Waals surface area contributed by atoms with Gasteiger partial charge in [-0.1, -0.05) is 26.0 Å². The first-order valence-corrected chi connectivity index (χ1v) is 9.96. The summed E-state index contributed by atoms with van der Waals surface area (Å²) in [7, 11) is 1.53. The molecule has 0 unspecified atom stereocenters. The number of rotatable bonds is 6. The van der Waals surface area contributed by atoms with E-state index in [0.29, 0.717) is 27.5 Å². The zero-order chi connectivity index (χ0) is 21.4. The minimum atomic E-state index is -0.443. The molecular weight excluding hydrogens is 458 g/mol. The molecule has 0 aliphatic heterocycles. The van der Waals surface area contributed by atoms with Gasteiger partial charge in [0, 0.05) is 5.56 Å². The quantitative estimate of drug-likeness (QED) is 0.435. The molecule has 0 saturated carbocycles. The van der Waals surface area contributed by atoms with Crippen molar-refractivity contribution in [1.82, 2.24) is 16.2 Å². The molecular formula is C20H22BrN3O4S. The Balaban J connectivity index is 1.75. The van der Waals surface area contributed by atoms with Gasteiger partial charge in [0.1, 0.15) is 11.5 Å². The third-order valence-electron chi connectivity index (χ3n) is 3.87. The van der Waals surface area contributed by atoms with Crippen LogP contribution in [0.15, 0.2) is 46.9 Å². The van der Waals surface area contributed by atoms with E-state index < -0.39 is 11.8 Å². The molecule has 0 spiro atoms. The van der Waals surface area contributed by atoms with E-state index in [1.807, 2.05) is 24.3 Å². The van der Waals surface area contributed by atoms with Crippen molar-refractivity contribution in [2.75, 3.05) is 13.7 Å². The van der Waals surface area contributed by atoms with Gasteiger partial charge in [-0.25, -0.2) is 0 Å². The molecule has 0 radical (unpaired) electrons. The number of thiocarbonyl (C=S) groups is 1. The van der Waals surface area contributed by atoms with E-state index in [1.165, 1.54) is 12.7 Å². The lowest BCUT2D eigenvalue weighted by molar-refractivity contribution is -0.123. The highest BCUT2D eigenvalue weighted by Crippen LogP contribution is 2.25. The zero-order valence-electron chi connectivity index (χ0n) is 16.2. The summed E-state index contributed by atoms with van der Waals surface area (Å²) in [5.41, 5.74) is 6.40. The van der Waals surface area contributed by atoms with E-state index in [4.69, 9.17) is 21.7 Å². The second kappa shape index (κ2) is 10.8. The van der Waals surface area contributed by atoms with Crippen molar-refractivity contribution in [3.63, 3.8) is 0 Å². The molecule has 9 heteroatoms. The molecule has 0 aliphatic rings. The van der Waals surface area contributed by atoms with Crippen molar-refractivity contribution in [3.8, 4) is 11.5 Å². The fraction of sp³-hybridized carbons (Fsp3) is 0.250. The molecule has 0 atom stereocenters. The molecule has 0 aromatic heterocycles. The average Bonchev–Trinajstić information content (AvgIpc) is 2.70. The number of hydrogen-bond donors (Lipinski definition) is 3. The van der Waals surface area contributed by atoms with Crippen LogP contribution in [-0.4, -0.2) is 30.6 Å². The Morgan fingerprint density at radius 2 is 1.79 bits per heavy atom. The summed E-state index contributed by atoms with van der Waals surface area (Å²) in [5, 5.41) is 2.43. The van der Waals surface area contributed by atoms with Crippen molar-refractivity contribution in [2.45, 2.75) is 19.8 Å². The number of hydrogen-bond acceptors (Lipinski definition) is 5. The Hall–Kier alpha value is -2.65. The van der Waals surface area contributed by atoms with Crippen LogP contribution in [0.5, 0.6) is 11.5 Å². The van der Waals surface area contributed by atoms with E-state index in [9.17, 15) is 9.59 Å². The SMILES string of the molecule is COc1ccc(C(=O)NC(=S)NNC(=O)COc2ccc(C(C)C)cc2)cc1Br. The number of ether oxygens (including phenoxy) is 2. The highest BCUT2D eigenvalue weighted by Gasteiger charge is 2.11. The molecule has 2 aromatic carbocycles. The highest BCUT2D eigenvalue weighted by atomic mass is 79.9. The maximum Gasteiger partial charge on any atom is 0.276 e. The van der Waals surface area contributed by atoms with Gasteiger partial charge in [-0.2, -0.15) is 0 Å². The maximum absolute atomic E-state index is 12.2. The average molecular weight is 480 g/mol. The first-order valence-electron chi connectivity index (χ1n) is 8.76. The van der Waals surface area contributed by atoms with Gasteiger partial charge in [-0.3, -0.25) is 25.8 Å². The van der Waals surface area contributed by atoms with Gasteiger partial charge in [0.25, 0.3) is 11.8 Å².